The molecule has 0 saturated carbocycles. The molecule has 18 heavy (non-hydrogen) atoms. The minimum Gasteiger partial charge on any atom is -0.456 e. The molecule has 0 radical (unpaired) electrons. The van der Waals surface area contributed by atoms with E-state index in [1.54, 1.807) is 6.92 Å². The highest BCUT2D eigenvalue weighted by Crippen LogP contribution is 2.07. The van der Waals surface area contributed by atoms with Crippen LogP contribution in [-0.4, -0.2) is 21.2 Å². The van der Waals surface area contributed by atoms with E-state index in [0.717, 1.165) is 5.56 Å². The van der Waals surface area contributed by atoms with Gasteiger partial charge < -0.3 is 4.74 Å². The number of carbonyl (C=O) groups excluding carboxylic acids is 1. The van der Waals surface area contributed by atoms with Gasteiger partial charge in [-0.2, -0.15) is 0 Å². The first-order valence-corrected chi connectivity index (χ1v) is 6.32. The highest BCUT2D eigenvalue weighted by Gasteiger charge is 2.14. The number of hydrogen-bond donors (Lipinski definition) is 0. The number of carbonyl (C=O) groups is 1. The molecule has 2 rings (SSSR count). The number of aryl methyl sites for hydroxylation is 1. The van der Waals surface area contributed by atoms with Crippen molar-refractivity contribution in [2.24, 2.45) is 0 Å². The number of aromatic nitrogens is 3. The van der Waals surface area contributed by atoms with Gasteiger partial charge in [0.1, 0.15) is 6.61 Å². The second-order valence-electron chi connectivity index (χ2n) is 3.58. The summed E-state index contributed by atoms with van der Waals surface area (Å²) in [6.07, 6.45) is 0. The zero-order valence-electron chi connectivity index (χ0n) is 9.63. The third-order valence-corrected chi connectivity index (χ3v) is 2.70. The molecule has 0 aliphatic carbocycles. The largest absolute Gasteiger partial charge is 0.456 e. The van der Waals surface area contributed by atoms with Crippen molar-refractivity contribution in [3.05, 3.63) is 51.1 Å². The van der Waals surface area contributed by atoms with Crippen LogP contribution < -0.4 is 0 Å². The summed E-state index contributed by atoms with van der Waals surface area (Å²) in [4.78, 5) is 15.8. The molecule has 0 fully saturated rings. The van der Waals surface area contributed by atoms with E-state index in [-0.39, 0.29) is 12.3 Å². The first-order valence-electron chi connectivity index (χ1n) is 5.24. The standard InChI is InChI=1S/C12H10IN3O2/c1-8-10(15-16-12(13)14-8)11(17)18-7-9-5-3-2-4-6-9/h2-6H,7H2,1H3. The van der Waals surface area contributed by atoms with E-state index < -0.39 is 5.97 Å². The van der Waals surface area contributed by atoms with Crippen molar-refractivity contribution in [3.63, 3.8) is 0 Å². The fourth-order valence-electron chi connectivity index (χ4n) is 1.36. The van der Waals surface area contributed by atoms with Gasteiger partial charge in [0.2, 0.25) is 3.83 Å². The van der Waals surface area contributed by atoms with Crippen LogP contribution in [0.1, 0.15) is 21.7 Å². The van der Waals surface area contributed by atoms with Gasteiger partial charge in [-0.25, -0.2) is 9.78 Å². The first kappa shape index (κ1) is 12.9. The van der Waals surface area contributed by atoms with Crippen LogP contribution >= 0.6 is 22.6 Å². The van der Waals surface area contributed by atoms with Gasteiger partial charge in [-0.15, -0.1) is 10.2 Å². The average Bonchev–Trinajstić information content (AvgIpc) is 2.37. The molecule has 92 valence electrons. The fourth-order valence-corrected chi connectivity index (χ4v) is 1.83. The van der Waals surface area contributed by atoms with E-state index >= 15 is 0 Å². The van der Waals surface area contributed by atoms with Crippen molar-refractivity contribution in [2.75, 3.05) is 0 Å². The van der Waals surface area contributed by atoms with Crippen molar-refractivity contribution in [1.82, 2.24) is 15.2 Å². The Morgan fingerprint density at radius 3 is 2.67 bits per heavy atom. The van der Waals surface area contributed by atoms with Crippen molar-refractivity contribution in [2.45, 2.75) is 13.5 Å². The fraction of sp³-hybridized carbons (Fsp3) is 0.167. The summed E-state index contributed by atoms with van der Waals surface area (Å²) in [6.45, 7) is 1.92. The average molecular weight is 355 g/mol. The van der Waals surface area contributed by atoms with E-state index in [1.807, 2.05) is 52.9 Å². The predicted octanol–water partition coefficient (Wildman–Crippen LogP) is 2.14. The number of hydrogen-bond acceptors (Lipinski definition) is 5. The zero-order valence-corrected chi connectivity index (χ0v) is 11.8. The van der Waals surface area contributed by atoms with Crippen LogP contribution in [0.2, 0.25) is 0 Å². The maximum absolute atomic E-state index is 11.8. The van der Waals surface area contributed by atoms with Crippen LogP contribution in [0.4, 0.5) is 0 Å². The highest BCUT2D eigenvalue weighted by atomic mass is 127. The first-order chi connectivity index (χ1) is 8.66. The normalized spacial score (nSPS) is 10.1. The quantitative estimate of drug-likeness (QED) is 0.624. The minimum atomic E-state index is -0.507. The molecule has 0 saturated heterocycles. The lowest BCUT2D eigenvalue weighted by Crippen LogP contribution is -2.12. The summed E-state index contributed by atoms with van der Waals surface area (Å²) in [6, 6.07) is 9.46. The summed E-state index contributed by atoms with van der Waals surface area (Å²) in [5, 5.41) is 7.54. The van der Waals surface area contributed by atoms with Crippen LogP contribution in [0, 0.1) is 10.8 Å². The molecule has 0 spiro atoms. The Bertz CT molecular complexity index is 561. The molecule has 0 atom stereocenters. The molecule has 0 bridgehead atoms. The molecule has 1 aromatic heterocycles. The Kier molecular flexibility index (Phi) is 4.19. The van der Waals surface area contributed by atoms with Gasteiger partial charge in [-0.1, -0.05) is 30.3 Å². The molecule has 0 unspecified atom stereocenters. The minimum absolute atomic E-state index is 0.159. The van der Waals surface area contributed by atoms with Gasteiger partial charge in [-0.05, 0) is 12.5 Å². The van der Waals surface area contributed by atoms with Gasteiger partial charge in [0.15, 0.2) is 5.69 Å². The molecule has 6 heteroatoms. The van der Waals surface area contributed by atoms with E-state index in [1.165, 1.54) is 0 Å². The van der Waals surface area contributed by atoms with E-state index in [4.69, 9.17) is 4.74 Å². The lowest BCUT2D eigenvalue weighted by Gasteiger charge is -2.05. The summed E-state index contributed by atoms with van der Waals surface area (Å²) in [7, 11) is 0. The predicted molar refractivity (Wildman–Crippen MR) is 72.8 cm³/mol. The van der Waals surface area contributed by atoms with Gasteiger partial charge in [0, 0.05) is 22.6 Å². The molecular weight excluding hydrogens is 345 g/mol. The van der Waals surface area contributed by atoms with Crippen molar-refractivity contribution < 1.29 is 9.53 Å². The molecule has 1 aromatic carbocycles. The molecular formula is C12H10IN3O2. The third-order valence-electron chi connectivity index (χ3n) is 2.24. The van der Waals surface area contributed by atoms with Crippen molar-refractivity contribution in [3.8, 4) is 0 Å². The Balaban J connectivity index is 2.04. The molecule has 0 aliphatic rings. The number of halogens is 1. The molecule has 1 heterocycles. The maximum Gasteiger partial charge on any atom is 0.361 e. The Morgan fingerprint density at radius 2 is 2.00 bits per heavy atom. The summed E-state index contributed by atoms with van der Waals surface area (Å²) < 4.78 is 5.66. The smallest absolute Gasteiger partial charge is 0.361 e. The number of rotatable bonds is 3. The molecule has 2 aromatic rings. The Labute approximate surface area is 118 Å². The van der Waals surface area contributed by atoms with E-state index in [0.29, 0.717) is 9.53 Å². The number of ether oxygens (including phenoxy) is 1. The van der Waals surface area contributed by atoms with Crippen LogP contribution in [-0.2, 0) is 11.3 Å². The maximum atomic E-state index is 11.8. The van der Waals surface area contributed by atoms with Crippen molar-refractivity contribution >= 4 is 28.6 Å². The zero-order chi connectivity index (χ0) is 13.0. The molecule has 5 nitrogen and oxygen atoms in total. The lowest BCUT2D eigenvalue weighted by atomic mass is 10.2. The number of nitrogens with zero attached hydrogens (tertiary/aromatic N) is 3. The molecule has 0 amide bonds. The van der Waals surface area contributed by atoms with Crippen molar-refractivity contribution in [1.29, 1.82) is 0 Å². The molecule has 0 aliphatic heterocycles. The van der Waals surface area contributed by atoms with E-state index in [2.05, 4.69) is 15.2 Å². The summed E-state index contributed by atoms with van der Waals surface area (Å²) in [5.41, 5.74) is 1.61. The second kappa shape index (κ2) is 5.85. The van der Waals surface area contributed by atoms with Gasteiger partial charge in [0.05, 0.1) is 5.69 Å². The van der Waals surface area contributed by atoms with Gasteiger partial charge in [0.25, 0.3) is 0 Å². The Hall–Kier alpha value is -1.57. The second-order valence-corrected chi connectivity index (χ2v) is 4.54. The SMILES string of the molecule is Cc1nc(I)nnc1C(=O)OCc1ccccc1. The van der Waals surface area contributed by atoms with Gasteiger partial charge >= 0.3 is 5.97 Å². The van der Waals surface area contributed by atoms with Gasteiger partial charge in [-0.3, -0.25) is 0 Å². The topological polar surface area (TPSA) is 65.0 Å². The highest BCUT2D eigenvalue weighted by molar-refractivity contribution is 14.1. The number of benzene rings is 1. The van der Waals surface area contributed by atoms with Crippen LogP contribution in [0.15, 0.2) is 30.3 Å². The van der Waals surface area contributed by atoms with Crippen LogP contribution in [0.5, 0.6) is 0 Å². The van der Waals surface area contributed by atoms with Crippen LogP contribution in [0.3, 0.4) is 0 Å². The Morgan fingerprint density at radius 1 is 1.28 bits per heavy atom. The summed E-state index contributed by atoms with van der Waals surface area (Å²) in [5.74, 6) is -0.507. The summed E-state index contributed by atoms with van der Waals surface area (Å²) >= 11 is 1.94. The monoisotopic (exact) mass is 355 g/mol. The van der Waals surface area contributed by atoms with Crippen LogP contribution in [0.25, 0.3) is 0 Å². The number of esters is 1. The molecule has 0 N–H and O–H groups in total. The lowest BCUT2D eigenvalue weighted by molar-refractivity contribution is 0.0462. The van der Waals surface area contributed by atoms with E-state index in [9.17, 15) is 4.79 Å². The third kappa shape index (κ3) is 3.22.